The molecule has 0 aliphatic rings. The first-order chi connectivity index (χ1) is 15.2. The van der Waals surface area contributed by atoms with Crippen LogP contribution < -0.4 is 15.9 Å². The van der Waals surface area contributed by atoms with E-state index in [1.807, 2.05) is 12.1 Å². The molecule has 0 fully saturated rings. The second-order valence-electron chi connectivity index (χ2n) is 8.58. The molecule has 32 heavy (non-hydrogen) atoms. The monoisotopic (exact) mass is 498 g/mol. The number of aryl methyl sites for hydroxylation is 3. The van der Waals surface area contributed by atoms with Gasteiger partial charge in [0.1, 0.15) is 0 Å². The van der Waals surface area contributed by atoms with Crippen molar-refractivity contribution in [2.24, 2.45) is 0 Å². The molecule has 0 saturated carbocycles. The van der Waals surface area contributed by atoms with E-state index in [1.54, 1.807) is 6.07 Å². The predicted octanol–water partition coefficient (Wildman–Crippen LogP) is 8.10. The van der Waals surface area contributed by atoms with Gasteiger partial charge in [-0.1, -0.05) is 0 Å². The van der Waals surface area contributed by atoms with Crippen molar-refractivity contribution in [2.75, 3.05) is 0 Å². The summed E-state index contributed by atoms with van der Waals surface area (Å²) in [5.74, 6) is -3.46. The van der Waals surface area contributed by atoms with Crippen molar-refractivity contribution in [3.8, 4) is 0 Å². The van der Waals surface area contributed by atoms with Gasteiger partial charge in [-0.3, -0.25) is 0 Å². The van der Waals surface area contributed by atoms with Crippen LogP contribution in [0.3, 0.4) is 0 Å². The zero-order valence-electron chi connectivity index (χ0n) is 18.4. The van der Waals surface area contributed by atoms with E-state index < -0.39 is 5.96 Å². The van der Waals surface area contributed by atoms with Crippen LogP contribution in [0.25, 0.3) is 0 Å². The van der Waals surface area contributed by atoms with Gasteiger partial charge in [0.25, 0.3) is 0 Å². The van der Waals surface area contributed by atoms with Gasteiger partial charge in [0.2, 0.25) is 0 Å². The van der Waals surface area contributed by atoms with Crippen LogP contribution in [0.2, 0.25) is 10.0 Å². The van der Waals surface area contributed by atoms with Gasteiger partial charge < -0.3 is 0 Å². The van der Waals surface area contributed by atoms with Crippen molar-refractivity contribution >= 4 is 56.3 Å². The van der Waals surface area contributed by atoms with Gasteiger partial charge in [-0.2, -0.15) is 0 Å². The van der Waals surface area contributed by atoms with E-state index in [0.717, 1.165) is 21.5 Å². The number of halogens is 3. The van der Waals surface area contributed by atoms with E-state index in [0.29, 0.717) is 16.2 Å². The van der Waals surface area contributed by atoms with Crippen LogP contribution in [0.5, 0.6) is 0 Å². The fourth-order valence-electron chi connectivity index (χ4n) is 4.26. The molecule has 0 spiro atoms. The Morgan fingerprint density at radius 2 is 0.938 bits per heavy atom. The molecule has 0 N–H and O–H groups in total. The molecule has 0 amide bonds. The molecule has 4 aromatic carbocycles. The van der Waals surface area contributed by atoms with Crippen LogP contribution in [0.15, 0.2) is 91.0 Å². The van der Waals surface area contributed by atoms with Crippen molar-refractivity contribution < 1.29 is 0 Å². The molecule has 4 rings (SSSR count). The second kappa shape index (κ2) is 8.85. The van der Waals surface area contributed by atoms with Gasteiger partial charge in [0, 0.05) is 0 Å². The Hall–Kier alpha value is -1.82. The van der Waals surface area contributed by atoms with Crippen molar-refractivity contribution in [2.45, 2.75) is 26.9 Å². The van der Waals surface area contributed by atoms with Gasteiger partial charge in [-0.25, -0.2) is 0 Å². The Balaban J connectivity index is 2.11. The molecule has 0 aliphatic carbocycles. The van der Waals surface area contributed by atoms with Gasteiger partial charge in [0.05, 0.1) is 0 Å². The van der Waals surface area contributed by atoms with Gasteiger partial charge in [0.15, 0.2) is 0 Å². The minimum absolute atomic E-state index is 0.596. The van der Waals surface area contributed by atoms with Crippen LogP contribution in [-0.4, -0.2) is 0 Å². The summed E-state index contributed by atoms with van der Waals surface area (Å²) in [5, 5.41) is 4.64. The van der Waals surface area contributed by atoms with Crippen molar-refractivity contribution in [3.63, 3.8) is 0 Å². The third kappa shape index (κ3) is 4.11. The number of rotatable bonds is 5. The summed E-state index contributed by atoms with van der Waals surface area (Å²) in [5.41, 5.74) is 4.60. The average molecular weight is 500 g/mol. The molecule has 0 radical (unpaired) electrons. The standard InChI is InChI=1S/C28H26Cl3P/c1-20-4-12-25(13-5-20)32(31,26-14-6-21(2)7-15-26,27-16-8-22(3)9-17-27)19-23-10-11-24(29)18-28(23)30/h4-18H,19H2,1-3H3. The van der Waals surface area contributed by atoms with Crippen LogP contribution in [-0.2, 0) is 6.16 Å². The fourth-order valence-corrected chi connectivity index (χ4v) is 10.9. The molecular formula is C28H26Cl3P. The van der Waals surface area contributed by atoms with E-state index in [1.165, 1.54) is 16.7 Å². The van der Waals surface area contributed by atoms with E-state index in [2.05, 4.69) is 93.6 Å². The Kier molecular flexibility index (Phi) is 6.45. The average Bonchev–Trinajstić information content (AvgIpc) is 2.77. The van der Waals surface area contributed by atoms with Crippen LogP contribution in [0, 0.1) is 20.8 Å². The molecule has 0 atom stereocenters. The van der Waals surface area contributed by atoms with E-state index in [4.69, 9.17) is 34.4 Å². The van der Waals surface area contributed by atoms with Crippen molar-refractivity contribution in [1.82, 2.24) is 0 Å². The van der Waals surface area contributed by atoms with Gasteiger partial charge in [-0.15, -0.1) is 0 Å². The molecule has 0 saturated heterocycles. The number of benzene rings is 4. The first-order valence-electron chi connectivity index (χ1n) is 10.6. The zero-order valence-corrected chi connectivity index (χ0v) is 21.6. The molecule has 164 valence electrons. The minimum atomic E-state index is -3.46. The van der Waals surface area contributed by atoms with E-state index >= 15 is 0 Å². The van der Waals surface area contributed by atoms with E-state index in [9.17, 15) is 0 Å². The Labute approximate surface area is 205 Å². The molecule has 0 heterocycles. The number of hydrogen-bond acceptors (Lipinski definition) is 0. The molecule has 0 aromatic heterocycles. The maximum atomic E-state index is 8.22. The van der Waals surface area contributed by atoms with Crippen LogP contribution >= 0.6 is 40.4 Å². The first kappa shape index (κ1) is 23.3. The topological polar surface area (TPSA) is 0 Å². The third-order valence-electron chi connectivity index (χ3n) is 6.20. The normalized spacial score (nSPS) is 12.9. The fraction of sp³-hybridized carbons (Fsp3) is 0.143. The summed E-state index contributed by atoms with van der Waals surface area (Å²) >= 11 is 21.1. The predicted molar refractivity (Wildman–Crippen MR) is 145 cm³/mol. The molecule has 4 heteroatoms. The third-order valence-corrected chi connectivity index (χ3v) is 14.0. The summed E-state index contributed by atoms with van der Waals surface area (Å²) in [6, 6.07) is 31.7. The molecule has 0 bridgehead atoms. The van der Waals surface area contributed by atoms with Crippen molar-refractivity contribution in [1.29, 1.82) is 0 Å². The summed E-state index contributed by atoms with van der Waals surface area (Å²) in [6.45, 7) is 6.29. The maximum absolute atomic E-state index is 8.22. The zero-order chi connectivity index (χ0) is 23.0. The quantitative estimate of drug-likeness (QED) is 0.243. The summed E-state index contributed by atoms with van der Waals surface area (Å²) in [6.07, 6.45) is 0.596. The molecule has 0 nitrogen and oxygen atoms in total. The summed E-state index contributed by atoms with van der Waals surface area (Å²) in [4.78, 5) is 0. The first-order valence-corrected chi connectivity index (χ1v) is 14.7. The Bertz CT molecular complexity index is 1130. The Morgan fingerprint density at radius 1 is 0.562 bits per heavy atom. The van der Waals surface area contributed by atoms with Gasteiger partial charge in [-0.05, 0) is 0 Å². The van der Waals surface area contributed by atoms with E-state index in [-0.39, 0.29) is 0 Å². The SMILES string of the molecule is Cc1ccc(P(Cl)(Cc2ccc(Cl)cc2Cl)(c2ccc(C)cc2)c2ccc(C)cc2)cc1. The van der Waals surface area contributed by atoms with Crippen molar-refractivity contribution in [3.05, 3.63) is 123 Å². The summed E-state index contributed by atoms with van der Waals surface area (Å²) in [7, 11) is 0. The molecular weight excluding hydrogens is 474 g/mol. The molecule has 4 aromatic rings. The van der Waals surface area contributed by atoms with Crippen LogP contribution in [0.4, 0.5) is 0 Å². The van der Waals surface area contributed by atoms with Gasteiger partial charge >= 0.3 is 207 Å². The van der Waals surface area contributed by atoms with Crippen LogP contribution in [0.1, 0.15) is 22.3 Å². The molecule has 0 aliphatic heterocycles. The summed E-state index contributed by atoms with van der Waals surface area (Å²) < 4.78 is 0. The molecule has 0 unspecified atom stereocenters. The Morgan fingerprint density at radius 3 is 1.28 bits per heavy atom. The number of hydrogen-bond donors (Lipinski definition) is 0. The second-order valence-corrected chi connectivity index (χ2v) is 15.9.